The highest BCUT2D eigenvalue weighted by atomic mass is 35.5. The summed E-state index contributed by atoms with van der Waals surface area (Å²) in [7, 11) is -3.95. The third-order valence-electron chi connectivity index (χ3n) is 7.43. The lowest BCUT2D eigenvalue weighted by Crippen LogP contribution is -2.54. The number of amides is 2. The van der Waals surface area contributed by atoms with E-state index in [1.165, 1.54) is 17.0 Å². The molecule has 1 N–H and O–H groups in total. The van der Waals surface area contributed by atoms with Crippen LogP contribution < -0.4 is 9.62 Å². The molecule has 0 heterocycles. The molecule has 2 amide bonds. The summed E-state index contributed by atoms with van der Waals surface area (Å²) in [6.07, 6.45) is 5.16. The van der Waals surface area contributed by atoms with Gasteiger partial charge in [0.15, 0.2) is 0 Å². The molecule has 41 heavy (non-hydrogen) atoms. The predicted molar refractivity (Wildman–Crippen MR) is 165 cm³/mol. The van der Waals surface area contributed by atoms with E-state index in [9.17, 15) is 18.0 Å². The maximum absolute atomic E-state index is 14.2. The Bertz CT molecular complexity index is 1480. The van der Waals surface area contributed by atoms with Gasteiger partial charge in [0.25, 0.3) is 0 Å². The van der Waals surface area contributed by atoms with E-state index in [1.807, 2.05) is 61.5 Å². The molecule has 3 aromatic rings. The molecule has 1 fully saturated rings. The number of carbonyl (C=O) groups excluding carboxylic acids is 2. The first-order chi connectivity index (χ1) is 19.5. The lowest BCUT2D eigenvalue weighted by molar-refractivity contribution is -0.140. The van der Waals surface area contributed by atoms with Crippen molar-refractivity contribution in [3.05, 3.63) is 99.5 Å². The second-order valence-corrected chi connectivity index (χ2v) is 13.3. The molecule has 0 bridgehead atoms. The molecule has 1 atom stereocenters. The van der Waals surface area contributed by atoms with Crippen molar-refractivity contribution in [3.63, 3.8) is 0 Å². The Hall–Kier alpha value is -3.07. The van der Waals surface area contributed by atoms with Crippen LogP contribution in [0.1, 0.15) is 42.4 Å². The normalized spacial score (nSPS) is 14.4. The van der Waals surface area contributed by atoms with Crippen molar-refractivity contribution in [3.8, 4) is 0 Å². The molecule has 0 saturated heterocycles. The van der Waals surface area contributed by atoms with E-state index in [0.29, 0.717) is 0 Å². The van der Waals surface area contributed by atoms with E-state index < -0.39 is 28.5 Å². The van der Waals surface area contributed by atoms with Gasteiger partial charge in [-0.3, -0.25) is 13.9 Å². The Balaban J connectivity index is 1.75. The fourth-order valence-electron chi connectivity index (χ4n) is 5.16. The van der Waals surface area contributed by atoms with Gasteiger partial charge in [-0.05, 0) is 54.7 Å². The minimum atomic E-state index is -3.95. The van der Waals surface area contributed by atoms with Gasteiger partial charge in [0.1, 0.15) is 12.6 Å². The lowest BCUT2D eigenvalue weighted by Gasteiger charge is -2.34. The molecule has 0 aliphatic heterocycles. The van der Waals surface area contributed by atoms with E-state index in [2.05, 4.69) is 5.32 Å². The van der Waals surface area contributed by atoms with E-state index >= 15 is 0 Å². The topological polar surface area (TPSA) is 86.8 Å². The van der Waals surface area contributed by atoms with E-state index in [0.717, 1.165) is 52.9 Å². The second kappa shape index (κ2) is 13.7. The van der Waals surface area contributed by atoms with Gasteiger partial charge in [-0.1, -0.05) is 90.6 Å². The Labute approximate surface area is 252 Å². The fraction of sp³-hybridized carbons (Fsp3) is 0.355. The van der Waals surface area contributed by atoms with Crippen molar-refractivity contribution in [1.29, 1.82) is 0 Å². The predicted octanol–water partition coefficient (Wildman–Crippen LogP) is 5.77. The Morgan fingerprint density at radius 3 is 2.29 bits per heavy atom. The van der Waals surface area contributed by atoms with Crippen LogP contribution in [-0.2, 0) is 32.6 Å². The molecule has 0 spiro atoms. The van der Waals surface area contributed by atoms with Crippen LogP contribution in [0.5, 0.6) is 0 Å². The molecule has 0 aromatic heterocycles. The molecule has 1 aliphatic carbocycles. The minimum absolute atomic E-state index is 0.0500. The standard InChI is InChI=1S/C31H35Cl2N3O4S/c1-22-10-6-7-13-24(22)20-35(30(37)21-36(41(2,39)40)28-19-25(32)16-17-27(28)33)29(18-23-11-4-3-5-12-23)31(38)34-26-14-8-9-15-26/h3-7,10-13,16-17,19,26,29H,8-9,14-15,18,20-21H2,1-2H3,(H,34,38)/t29-/m1/s1. The zero-order chi connectivity index (χ0) is 29.6. The summed E-state index contributed by atoms with van der Waals surface area (Å²) in [6, 6.07) is 20.8. The minimum Gasteiger partial charge on any atom is -0.352 e. The number of benzene rings is 3. The van der Waals surface area contributed by atoms with Gasteiger partial charge in [0.05, 0.1) is 17.0 Å². The number of halogens is 2. The van der Waals surface area contributed by atoms with Gasteiger partial charge in [-0.2, -0.15) is 0 Å². The van der Waals surface area contributed by atoms with Crippen LogP contribution >= 0.6 is 23.2 Å². The van der Waals surface area contributed by atoms with Crippen LogP contribution in [0.4, 0.5) is 5.69 Å². The number of aryl methyl sites for hydroxylation is 1. The number of hydrogen-bond donors (Lipinski definition) is 1. The van der Waals surface area contributed by atoms with Gasteiger partial charge in [0, 0.05) is 24.0 Å². The Kier molecular flexibility index (Phi) is 10.3. The van der Waals surface area contributed by atoms with Crippen molar-refractivity contribution in [2.45, 2.75) is 57.7 Å². The molecule has 10 heteroatoms. The van der Waals surface area contributed by atoms with Crippen molar-refractivity contribution in [1.82, 2.24) is 10.2 Å². The highest BCUT2D eigenvalue weighted by molar-refractivity contribution is 7.92. The lowest BCUT2D eigenvalue weighted by atomic mass is 10.0. The first-order valence-electron chi connectivity index (χ1n) is 13.6. The first-order valence-corrected chi connectivity index (χ1v) is 16.2. The van der Waals surface area contributed by atoms with Crippen LogP contribution in [0.25, 0.3) is 0 Å². The first kappa shape index (κ1) is 30.9. The summed E-state index contributed by atoms with van der Waals surface area (Å²) < 4.78 is 26.9. The Morgan fingerprint density at radius 2 is 1.63 bits per heavy atom. The largest absolute Gasteiger partial charge is 0.352 e. The van der Waals surface area contributed by atoms with Gasteiger partial charge in [-0.15, -0.1) is 0 Å². The van der Waals surface area contributed by atoms with Gasteiger partial charge < -0.3 is 10.2 Å². The van der Waals surface area contributed by atoms with E-state index in [1.54, 1.807) is 6.07 Å². The van der Waals surface area contributed by atoms with Crippen LogP contribution in [0, 0.1) is 6.92 Å². The van der Waals surface area contributed by atoms with Crippen molar-refractivity contribution >= 4 is 50.7 Å². The molecule has 4 rings (SSSR count). The SMILES string of the molecule is Cc1ccccc1CN(C(=O)CN(c1cc(Cl)ccc1Cl)S(C)(=O)=O)[C@H](Cc1ccccc1)C(=O)NC1CCCC1. The maximum Gasteiger partial charge on any atom is 0.244 e. The average molecular weight is 617 g/mol. The number of nitrogens with zero attached hydrogens (tertiary/aromatic N) is 2. The van der Waals surface area contributed by atoms with E-state index in [4.69, 9.17) is 23.2 Å². The molecule has 7 nitrogen and oxygen atoms in total. The van der Waals surface area contributed by atoms with Crippen LogP contribution in [0.3, 0.4) is 0 Å². The zero-order valence-electron chi connectivity index (χ0n) is 23.2. The molecule has 3 aromatic carbocycles. The Morgan fingerprint density at radius 1 is 0.976 bits per heavy atom. The second-order valence-electron chi connectivity index (χ2n) is 10.5. The molecule has 1 aliphatic rings. The van der Waals surface area contributed by atoms with Crippen molar-refractivity contribution < 1.29 is 18.0 Å². The highest BCUT2D eigenvalue weighted by Gasteiger charge is 2.34. The van der Waals surface area contributed by atoms with E-state index in [-0.39, 0.29) is 40.6 Å². The van der Waals surface area contributed by atoms with Crippen molar-refractivity contribution in [2.75, 3.05) is 17.1 Å². The summed E-state index contributed by atoms with van der Waals surface area (Å²) in [5.41, 5.74) is 2.80. The maximum atomic E-state index is 14.2. The third kappa shape index (κ3) is 8.24. The number of carbonyl (C=O) groups is 2. The van der Waals surface area contributed by atoms with Crippen LogP contribution in [0.15, 0.2) is 72.8 Å². The smallest absolute Gasteiger partial charge is 0.244 e. The monoisotopic (exact) mass is 615 g/mol. The average Bonchev–Trinajstić information content (AvgIpc) is 3.44. The van der Waals surface area contributed by atoms with Crippen LogP contribution in [-0.4, -0.2) is 50.0 Å². The summed E-state index contributed by atoms with van der Waals surface area (Å²) in [6.45, 7) is 1.52. The number of nitrogens with one attached hydrogen (secondary N) is 1. The third-order valence-corrected chi connectivity index (χ3v) is 9.11. The van der Waals surface area contributed by atoms with Crippen molar-refractivity contribution in [2.24, 2.45) is 0 Å². The van der Waals surface area contributed by atoms with Crippen LogP contribution in [0.2, 0.25) is 10.0 Å². The number of rotatable bonds is 11. The number of hydrogen-bond acceptors (Lipinski definition) is 4. The molecular weight excluding hydrogens is 581 g/mol. The van der Waals surface area contributed by atoms with Gasteiger partial charge in [0.2, 0.25) is 21.8 Å². The quantitative estimate of drug-likeness (QED) is 0.297. The molecular formula is C31H35Cl2N3O4S. The summed E-state index contributed by atoms with van der Waals surface area (Å²) in [4.78, 5) is 29.6. The van der Waals surface area contributed by atoms with Gasteiger partial charge >= 0.3 is 0 Å². The highest BCUT2D eigenvalue weighted by Crippen LogP contribution is 2.31. The zero-order valence-corrected chi connectivity index (χ0v) is 25.6. The summed E-state index contributed by atoms with van der Waals surface area (Å²) >= 11 is 12.5. The molecule has 1 saturated carbocycles. The summed E-state index contributed by atoms with van der Waals surface area (Å²) in [5, 5.41) is 3.58. The number of sulfonamides is 1. The molecule has 218 valence electrons. The fourth-order valence-corrected chi connectivity index (χ4v) is 6.45. The number of anilines is 1. The van der Waals surface area contributed by atoms with Gasteiger partial charge in [-0.25, -0.2) is 8.42 Å². The molecule has 0 unspecified atom stereocenters. The summed E-state index contributed by atoms with van der Waals surface area (Å²) in [5.74, 6) is -0.786. The molecule has 0 radical (unpaired) electrons.